The minimum atomic E-state index is -1.20. The van der Waals surface area contributed by atoms with Crippen LogP contribution in [0.15, 0.2) is 48.5 Å². The molecule has 0 amide bonds. The van der Waals surface area contributed by atoms with Crippen LogP contribution in [-0.2, 0) is 22.4 Å². The third-order valence-corrected chi connectivity index (χ3v) is 8.44. The van der Waals surface area contributed by atoms with Crippen LogP contribution >= 0.6 is 0 Å². The summed E-state index contributed by atoms with van der Waals surface area (Å²) in [7, 11) is 0. The van der Waals surface area contributed by atoms with E-state index in [0.29, 0.717) is 11.1 Å². The molecule has 0 aliphatic rings. The van der Waals surface area contributed by atoms with Gasteiger partial charge in [0.2, 0.25) is 0 Å². The predicted octanol–water partition coefficient (Wildman–Crippen LogP) is 2.90. The van der Waals surface area contributed by atoms with Gasteiger partial charge >= 0.3 is 69.5 Å². The number of rotatable bonds is 12. The Morgan fingerprint density at radius 3 is 1.23 bits per heavy atom. The molecule has 0 atom stereocenters. The fourth-order valence-corrected chi connectivity index (χ4v) is 6.69. The van der Waals surface area contributed by atoms with Crippen molar-refractivity contribution in [2.24, 2.45) is 0 Å². The van der Waals surface area contributed by atoms with Crippen LogP contribution in [0.5, 0.6) is 0 Å². The molecule has 0 unspecified atom stereocenters. The van der Waals surface area contributed by atoms with E-state index >= 15 is 0 Å². The second-order valence-corrected chi connectivity index (χ2v) is 11.7. The van der Waals surface area contributed by atoms with Crippen molar-refractivity contribution >= 4 is 44.5 Å². The SMILES string of the molecule is CCC[CH2][Sn+2][CH2]CCC.O=C([O-])Cc1ccc([N+](=O)[O-])cc1.O=C([O-])Cc1ccc([N+](=O)[O-])cc1. The molecule has 0 N–H and O–H groups in total. The van der Waals surface area contributed by atoms with E-state index in [1.54, 1.807) is 8.87 Å². The Hall–Kier alpha value is -3.02. The molecule has 2 aromatic rings. The minimum Gasteiger partial charge on any atom is -0.550 e. The van der Waals surface area contributed by atoms with Crippen LogP contribution in [0.4, 0.5) is 11.4 Å². The summed E-state index contributed by atoms with van der Waals surface area (Å²) in [5, 5.41) is 40.7. The number of carbonyl (C=O) groups is 2. The Balaban J connectivity index is 0.000000506. The Morgan fingerprint density at radius 1 is 0.686 bits per heavy atom. The van der Waals surface area contributed by atoms with Crippen molar-refractivity contribution in [3.63, 3.8) is 0 Å². The summed E-state index contributed by atoms with van der Waals surface area (Å²) in [5.41, 5.74) is 0.875. The zero-order valence-corrected chi connectivity index (χ0v) is 22.8. The van der Waals surface area contributed by atoms with Gasteiger partial charge in [-0.2, -0.15) is 0 Å². The molecule has 0 saturated heterocycles. The van der Waals surface area contributed by atoms with E-state index in [4.69, 9.17) is 0 Å². The number of nitro groups is 2. The Labute approximate surface area is 214 Å². The topological polar surface area (TPSA) is 167 Å². The molecule has 35 heavy (non-hydrogen) atoms. The van der Waals surface area contributed by atoms with E-state index in [-0.39, 0.29) is 45.4 Å². The van der Waals surface area contributed by atoms with Gasteiger partial charge in [-0.3, -0.25) is 20.2 Å². The zero-order chi connectivity index (χ0) is 26.6. The van der Waals surface area contributed by atoms with Gasteiger partial charge in [-0.1, -0.05) is 24.3 Å². The number of carbonyl (C=O) groups excluding carboxylic acids is 2. The molecule has 2 aromatic carbocycles. The molecule has 0 radical (unpaired) electrons. The van der Waals surface area contributed by atoms with Gasteiger partial charge < -0.3 is 19.8 Å². The van der Waals surface area contributed by atoms with Crippen molar-refractivity contribution < 1.29 is 29.6 Å². The number of hydrogen-bond acceptors (Lipinski definition) is 8. The standard InChI is InChI=1S/2C8H7NO4.2C4H9.Sn/c2*10-8(11)5-6-1-3-7(4-2-6)9(12)13;2*1-3-4-2;/h2*1-4H,5H2,(H,10,11);2*1,3-4H2,2H3;/q;;;;+2/p-2. The fourth-order valence-electron chi connectivity index (χ4n) is 2.53. The van der Waals surface area contributed by atoms with Crippen molar-refractivity contribution in [1.29, 1.82) is 0 Å². The normalized spacial score (nSPS) is 9.43. The second-order valence-electron chi connectivity index (χ2n) is 7.40. The molecule has 0 aliphatic carbocycles. The van der Waals surface area contributed by atoms with Crippen LogP contribution in [0.2, 0.25) is 8.87 Å². The number of carboxylic acid groups (broad SMARTS) is 2. The maximum atomic E-state index is 10.2. The van der Waals surface area contributed by atoms with Crippen LogP contribution in [0.1, 0.15) is 50.7 Å². The Kier molecular flexibility index (Phi) is 17.6. The van der Waals surface area contributed by atoms with Crippen LogP contribution in [0, 0.1) is 20.2 Å². The first-order chi connectivity index (χ1) is 16.6. The molecule has 0 aromatic heterocycles. The molecule has 0 fully saturated rings. The van der Waals surface area contributed by atoms with Gasteiger partial charge in [0.1, 0.15) is 0 Å². The second kappa shape index (κ2) is 19.3. The molecular formula is C24H30N2O8Sn. The summed E-state index contributed by atoms with van der Waals surface area (Å²) in [6.07, 6.45) is 5.39. The molecule has 0 spiro atoms. The number of hydrogen-bond donors (Lipinski definition) is 0. The van der Waals surface area contributed by atoms with Crippen LogP contribution in [0.25, 0.3) is 0 Å². The number of unbranched alkanes of at least 4 members (excludes halogenated alkanes) is 2. The van der Waals surface area contributed by atoms with Crippen molar-refractivity contribution in [1.82, 2.24) is 0 Å². The van der Waals surface area contributed by atoms with E-state index in [0.717, 1.165) is 0 Å². The van der Waals surface area contributed by atoms with Crippen molar-refractivity contribution in [3.05, 3.63) is 79.9 Å². The van der Waals surface area contributed by atoms with E-state index in [2.05, 4.69) is 13.8 Å². The summed E-state index contributed by atoms with van der Waals surface area (Å²) < 4.78 is 3.25. The van der Waals surface area contributed by atoms with Crippen LogP contribution < -0.4 is 10.2 Å². The zero-order valence-electron chi connectivity index (χ0n) is 19.9. The van der Waals surface area contributed by atoms with Gasteiger partial charge in [-0.15, -0.1) is 0 Å². The van der Waals surface area contributed by atoms with Gasteiger partial charge in [0.15, 0.2) is 0 Å². The molecule has 0 saturated carbocycles. The third kappa shape index (κ3) is 17.1. The van der Waals surface area contributed by atoms with Gasteiger partial charge in [0.25, 0.3) is 11.4 Å². The smallest absolute Gasteiger partial charge is 0.269 e. The molecule has 188 valence electrons. The Bertz CT molecular complexity index is 843. The maximum absolute atomic E-state index is 10.2. The summed E-state index contributed by atoms with van der Waals surface area (Å²) in [4.78, 5) is 39.6. The summed E-state index contributed by atoms with van der Waals surface area (Å²) in [6.45, 7) is 4.58. The first kappa shape index (κ1) is 32.0. The quantitative estimate of drug-likeness (QED) is 0.157. The van der Waals surface area contributed by atoms with Crippen LogP contribution in [0.3, 0.4) is 0 Å². The third-order valence-electron chi connectivity index (χ3n) is 4.41. The van der Waals surface area contributed by atoms with Crippen molar-refractivity contribution in [3.8, 4) is 0 Å². The van der Waals surface area contributed by atoms with Gasteiger partial charge in [0.05, 0.1) is 9.85 Å². The molecule has 0 heterocycles. The number of benzene rings is 2. The van der Waals surface area contributed by atoms with E-state index in [1.807, 2.05) is 0 Å². The number of aliphatic carboxylic acids is 2. The first-order valence-corrected chi connectivity index (χ1v) is 15.2. The number of non-ortho nitro benzene ring substituents is 2. The van der Waals surface area contributed by atoms with Gasteiger partial charge in [-0.25, -0.2) is 0 Å². The van der Waals surface area contributed by atoms with Crippen LogP contribution in [-0.4, -0.2) is 42.9 Å². The van der Waals surface area contributed by atoms with E-state index in [1.165, 1.54) is 74.2 Å². The summed E-state index contributed by atoms with van der Waals surface area (Å²) in [5.74, 6) is -2.40. The average molecular weight is 593 g/mol. The molecule has 0 aliphatic heterocycles. The summed E-state index contributed by atoms with van der Waals surface area (Å²) >= 11 is 0.149. The average Bonchev–Trinajstić information content (AvgIpc) is 2.80. The first-order valence-electron chi connectivity index (χ1n) is 11.2. The van der Waals surface area contributed by atoms with Gasteiger partial charge in [-0.05, 0) is 11.1 Å². The van der Waals surface area contributed by atoms with Crippen molar-refractivity contribution in [2.45, 2.75) is 61.2 Å². The number of nitrogens with zero attached hydrogens (tertiary/aromatic N) is 2. The predicted molar refractivity (Wildman–Crippen MR) is 129 cm³/mol. The fraction of sp³-hybridized carbons (Fsp3) is 0.417. The number of carboxylic acids is 2. The monoisotopic (exact) mass is 594 g/mol. The number of nitro benzene ring substituents is 2. The molecule has 0 bridgehead atoms. The molecule has 10 nitrogen and oxygen atoms in total. The molecular weight excluding hydrogens is 563 g/mol. The largest absolute Gasteiger partial charge is 0.550 e. The minimum absolute atomic E-state index is 0.0536. The van der Waals surface area contributed by atoms with Gasteiger partial charge in [0, 0.05) is 49.0 Å². The summed E-state index contributed by atoms with van der Waals surface area (Å²) in [6, 6.07) is 10.6. The van der Waals surface area contributed by atoms with Crippen molar-refractivity contribution in [2.75, 3.05) is 0 Å². The van der Waals surface area contributed by atoms with E-state index < -0.39 is 21.8 Å². The Morgan fingerprint density at radius 2 is 1.00 bits per heavy atom. The van der Waals surface area contributed by atoms with E-state index in [9.17, 15) is 40.0 Å². The maximum Gasteiger partial charge on any atom is 0.269 e. The molecule has 2 rings (SSSR count). The molecule has 11 heteroatoms.